The molecule has 0 spiro atoms. The molecular weight excluding hydrogens is 919 g/mol. The monoisotopic (exact) mass is 1020 g/mol. The molecule has 0 radical (unpaired) electrons. The van der Waals surface area contributed by atoms with Gasteiger partial charge in [-0.25, -0.2) is 0 Å². The molecule has 0 aromatic heterocycles. The molecule has 0 aromatic rings. The van der Waals surface area contributed by atoms with E-state index in [0.29, 0.717) is 12.8 Å². The first-order valence-electron chi connectivity index (χ1n) is 29.0. The van der Waals surface area contributed by atoms with Gasteiger partial charge in [0.25, 0.3) is 0 Å². The number of esters is 1. The maximum Gasteiger partial charge on any atom is 0.306 e. The summed E-state index contributed by atoms with van der Waals surface area (Å²) in [6, 6.07) is -1.06. The van der Waals surface area contributed by atoms with Gasteiger partial charge in [-0.1, -0.05) is 214 Å². The number of amides is 1. The number of carbonyl (C=O) groups excluding carboxylic acids is 2. The second kappa shape index (κ2) is 49.5. The Kier molecular flexibility index (Phi) is 45.8. The SMILES string of the molecule is CC/C=C\C/C=C\C/C=C\C/C=C\C/C=C\CCC(O)C(=O)NC(COC1OC(CO)C(O)C(O)C1OC(=O)CCCCCCCCC/C=C\C/C=C\CCCCC)C(O)/C=C/CCCCCCCCCCC. The van der Waals surface area contributed by atoms with Crippen LogP contribution in [0.2, 0.25) is 0 Å². The number of ether oxygens (including phenoxy) is 3. The Morgan fingerprint density at radius 2 is 0.986 bits per heavy atom. The number of carbonyl (C=O) groups is 2. The van der Waals surface area contributed by atoms with E-state index < -0.39 is 67.4 Å². The second-order valence-electron chi connectivity index (χ2n) is 19.6. The van der Waals surface area contributed by atoms with Gasteiger partial charge in [-0.05, 0) is 96.3 Å². The molecule has 418 valence electrons. The van der Waals surface area contributed by atoms with E-state index in [9.17, 15) is 35.1 Å². The highest BCUT2D eigenvalue weighted by Crippen LogP contribution is 2.26. The molecule has 0 aromatic carbocycles. The molecule has 8 unspecified atom stereocenters. The van der Waals surface area contributed by atoms with Crippen LogP contribution in [-0.4, -0.2) is 99.6 Å². The van der Waals surface area contributed by atoms with Crippen molar-refractivity contribution in [2.75, 3.05) is 13.2 Å². The van der Waals surface area contributed by atoms with E-state index in [1.54, 1.807) is 6.08 Å². The lowest BCUT2D eigenvalue weighted by Gasteiger charge is -2.41. The Bertz CT molecular complexity index is 1550. The zero-order valence-corrected chi connectivity index (χ0v) is 46.0. The van der Waals surface area contributed by atoms with E-state index in [1.807, 2.05) is 18.2 Å². The highest BCUT2D eigenvalue weighted by atomic mass is 16.7. The minimum atomic E-state index is -1.63. The number of hydrogen-bond acceptors (Lipinski definition) is 10. The molecule has 1 rings (SSSR count). The zero-order chi connectivity index (χ0) is 53.3. The van der Waals surface area contributed by atoms with Crippen LogP contribution in [0.25, 0.3) is 0 Å². The van der Waals surface area contributed by atoms with E-state index in [4.69, 9.17) is 14.2 Å². The molecule has 8 atom stereocenters. The molecule has 1 aliphatic heterocycles. The number of nitrogens with one attached hydrogen (secondary N) is 1. The molecule has 0 saturated carbocycles. The summed E-state index contributed by atoms with van der Waals surface area (Å²) in [7, 11) is 0. The van der Waals surface area contributed by atoms with Crippen molar-refractivity contribution in [2.45, 2.75) is 269 Å². The lowest BCUT2D eigenvalue weighted by molar-refractivity contribution is -0.305. The molecule has 1 saturated heterocycles. The van der Waals surface area contributed by atoms with Crippen molar-refractivity contribution in [3.05, 3.63) is 97.2 Å². The van der Waals surface area contributed by atoms with Gasteiger partial charge >= 0.3 is 5.97 Å². The van der Waals surface area contributed by atoms with Crippen molar-refractivity contribution in [3.8, 4) is 0 Å². The van der Waals surface area contributed by atoms with Crippen molar-refractivity contribution < 1.29 is 49.3 Å². The van der Waals surface area contributed by atoms with Crippen LogP contribution in [0.15, 0.2) is 97.2 Å². The maximum atomic E-state index is 13.3. The van der Waals surface area contributed by atoms with Crippen molar-refractivity contribution >= 4 is 11.9 Å². The fourth-order valence-corrected chi connectivity index (χ4v) is 8.36. The van der Waals surface area contributed by atoms with Gasteiger partial charge in [0.2, 0.25) is 5.91 Å². The predicted molar refractivity (Wildman–Crippen MR) is 301 cm³/mol. The van der Waals surface area contributed by atoms with Gasteiger partial charge in [-0.2, -0.15) is 0 Å². The smallest absolute Gasteiger partial charge is 0.306 e. The molecule has 11 heteroatoms. The normalized spacial score (nSPS) is 20.1. The summed E-state index contributed by atoms with van der Waals surface area (Å²) in [5.74, 6) is -1.27. The van der Waals surface area contributed by atoms with Gasteiger partial charge in [0.1, 0.15) is 24.4 Å². The molecular formula is C62H105NO10. The first kappa shape index (κ1) is 67.6. The van der Waals surface area contributed by atoms with Crippen LogP contribution >= 0.6 is 0 Å². The van der Waals surface area contributed by atoms with Gasteiger partial charge in [0, 0.05) is 6.42 Å². The van der Waals surface area contributed by atoms with Crippen LogP contribution in [0.1, 0.15) is 220 Å². The second-order valence-corrected chi connectivity index (χ2v) is 19.6. The molecule has 0 aliphatic carbocycles. The van der Waals surface area contributed by atoms with E-state index in [1.165, 1.54) is 70.6 Å². The van der Waals surface area contributed by atoms with Gasteiger partial charge in [0.15, 0.2) is 12.4 Å². The van der Waals surface area contributed by atoms with Gasteiger partial charge < -0.3 is 45.1 Å². The van der Waals surface area contributed by atoms with Crippen LogP contribution in [0, 0.1) is 0 Å². The van der Waals surface area contributed by atoms with Crippen molar-refractivity contribution in [3.63, 3.8) is 0 Å². The van der Waals surface area contributed by atoms with E-state index in [-0.39, 0.29) is 19.4 Å². The Balaban J connectivity index is 2.76. The molecule has 1 heterocycles. The first-order chi connectivity index (χ1) is 35.7. The molecule has 73 heavy (non-hydrogen) atoms. The molecule has 11 nitrogen and oxygen atoms in total. The summed E-state index contributed by atoms with van der Waals surface area (Å²) in [6.45, 7) is 5.58. The van der Waals surface area contributed by atoms with Crippen molar-refractivity contribution in [1.82, 2.24) is 5.32 Å². The molecule has 1 fully saturated rings. The van der Waals surface area contributed by atoms with Crippen LogP contribution in [0.3, 0.4) is 0 Å². The number of aliphatic hydroxyl groups is 5. The topological polar surface area (TPSA) is 175 Å². The van der Waals surface area contributed by atoms with Gasteiger partial charge in [0.05, 0.1) is 25.4 Å². The third kappa shape index (κ3) is 37.9. The molecule has 6 N–H and O–H groups in total. The average molecular weight is 1020 g/mol. The highest BCUT2D eigenvalue weighted by Gasteiger charge is 2.47. The number of rotatable bonds is 47. The fourth-order valence-electron chi connectivity index (χ4n) is 8.36. The van der Waals surface area contributed by atoms with E-state index in [2.05, 4.69) is 99.0 Å². The lowest BCUT2D eigenvalue weighted by Crippen LogP contribution is -2.61. The summed E-state index contributed by atoms with van der Waals surface area (Å²) in [5.41, 5.74) is 0. The predicted octanol–water partition coefficient (Wildman–Crippen LogP) is 13.2. The summed E-state index contributed by atoms with van der Waals surface area (Å²) >= 11 is 0. The molecule has 0 bridgehead atoms. The summed E-state index contributed by atoms with van der Waals surface area (Å²) in [5, 5.41) is 56.7. The minimum absolute atomic E-state index is 0.103. The van der Waals surface area contributed by atoms with Crippen LogP contribution in [-0.2, 0) is 23.8 Å². The fraction of sp³-hybridized carbons (Fsp3) is 0.710. The Hall–Kier alpha value is -3.42. The van der Waals surface area contributed by atoms with Crippen LogP contribution in [0.5, 0.6) is 0 Å². The Morgan fingerprint density at radius 3 is 1.51 bits per heavy atom. The van der Waals surface area contributed by atoms with E-state index in [0.717, 1.165) is 103 Å². The zero-order valence-electron chi connectivity index (χ0n) is 46.0. The number of unbranched alkanes of at least 4 members (excludes halogenated alkanes) is 19. The molecule has 1 amide bonds. The summed E-state index contributed by atoms with van der Waals surface area (Å²) in [6.07, 6.45) is 54.6. The number of aliphatic hydroxyl groups excluding tert-OH is 5. The Labute approximate surface area is 444 Å². The standard InChI is InChI=1S/C62H105NO10/c1-4-7-10-13-16-19-22-24-26-28-30-32-35-38-41-44-47-50-57(67)73-60-59(69)58(68)56(51-64)72-62(60)71-52-53(54(65)48-45-42-39-36-33-21-18-15-12-9-6-3)63-61(70)55(66)49-46-43-40-37-34-31-29-27-25-23-20-17-14-11-8-5-2/h8,11,16-17,19-20,24-27,31,34,40,43,45,48,53-56,58-60,62,64-66,68-69H,4-7,9-10,12-15,18,21-23,28-30,32-33,35-39,41-42,44,46-47,49-52H2,1-3H3,(H,63,70)/b11-8-,19-16-,20-17-,26-24-,27-25-,34-31-,43-40-,48-45+. The van der Waals surface area contributed by atoms with Crippen LogP contribution < -0.4 is 5.32 Å². The van der Waals surface area contributed by atoms with Gasteiger partial charge in [-0.3, -0.25) is 9.59 Å². The minimum Gasteiger partial charge on any atom is -0.454 e. The number of allylic oxidation sites excluding steroid dienone is 15. The number of hydrogen-bond donors (Lipinski definition) is 6. The largest absolute Gasteiger partial charge is 0.454 e. The quantitative estimate of drug-likeness (QED) is 0.0196. The average Bonchev–Trinajstić information content (AvgIpc) is 3.39. The summed E-state index contributed by atoms with van der Waals surface area (Å²) in [4.78, 5) is 26.4. The maximum absolute atomic E-state index is 13.3. The third-order valence-electron chi connectivity index (χ3n) is 13.0. The summed E-state index contributed by atoms with van der Waals surface area (Å²) < 4.78 is 17.5. The van der Waals surface area contributed by atoms with E-state index >= 15 is 0 Å². The van der Waals surface area contributed by atoms with Crippen LogP contribution in [0.4, 0.5) is 0 Å². The van der Waals surface area contributed by atoms with Gasteiger partial charge in [-0.15, -0.1) is 0 Å². The highest BCUT2D eigenvalue weighted by molar-refractivity contribution is 5.80. The van der Waals surface area contributed by atoms with Crippen molar-refractivity contribution in [2.24, 2.45) is 0 Å². The third-order valence-corrected chi connectivity index (χ3v) is 13.0. The Morgan fingerprint density at radius 1 is 0.548 bits per heavy atom. The lowest BCUT2D eigenvalue weighted by atomic mass is 9.99. The first-order valence-corrected chi connectivity index (χ1v) is 29.0. The van der Waals surface area contributed by atoms with Crippen molar-refractivity contribution in [1.29, 1.82) is 0 Å². The molecule has 1 aliphatic rings.